The Morgan fingerprint density at radius 2 is 1.31 bits per heavy atom. The summed E-state index contributed by atoms with van der Waals surface area (Å²) in [5, 5.41) is 6.12. The largest absolute Gasteiger partial charge is 0.450 e. The smallest absolute Gasteiger partial charge is 0.407 e. The number of nitrogens with two attached hydrogens (primary N) is 1. The van der Waals surface area contributed by atoms with Crippen molar-refractivity contribution < 1.29 is 19.1 Å². The first-order chi connectivity index (χ1) is 12.3. The number of primary amides is 1. The van der Waals surface area contributed by atoms with Crippen molar-refractivity contribution in [2.45, 2.75) is 84.2 Å². The molecule has 0 aliphatic carbocycles. The molecule has 0 spiro atoms. The van der Waals surface area contributed by atoms with Gasteiger partial charge in [-0.3, -0.25) is 0 Å². The zero-order valence-corrected chi connectivity index (χ0v) is 16.9. The summed E-state index contributed by atoms with van der Waals surface area (Å²) in [6.07, 6.45) is 9.34. The minimum Gasteiger partial charge on any atom is -0.450 e. The summed E-state index contributed by atoms with van der Waals surface area (Å²) < 4.78 is 9.84. The van der Waals surface area contributed by atoms with Gasteiger partial charge >= 0.3 is 12.2 Å². The van der Waals surface area contributed by atoms with Crippen LogP contribution in [0.1, 0.15) is 78.6 Å². The zero-order valence-electron chi connectivity index (χ0n) is 16.9. The summed E-state index contributed by atoms with van der Waals surface area (Å²) in [4.78, 5) is 21.8. The Hall–Kier alpha value is -1.50. The van der Waals surface area contributed by atoms with Crippen molar-refractivity contribution in [2.75, 3.05) is 26.2 Å². The van der Waals surface area contributed by atoms with Crippen molar-refractivity contribution in [2.24, 2.45) is 5.73 Å². The molecule has 0 fully saturated rings. The van der Waals surface area contributed by atoms with E-state index in [1.54, 1.807) is 0 Å². The standard InChI is InChI=1S/C19H39N3O4/c1-19(2,3)26-18(24)22-15-11-9-7-5-4-6-8-10-13-21-14-12-16-25-17(20)23/h21H,4-16H2,1-3H3,(H2,20,23)(H,22,24). The van der Waals surface area contributed by atoms with Crippen LogP contribution in [0.3, 0.4) is 0 Å². The van der Waals surface area contributed by atoms with E-state index in [2.05, 4.69) is 15.4 Å². The maximum absolute atomic E-state index is 11.5. The molecule has 0 saturated carbocycles. The van der Waals surface area contributed by atoms with E-state index in [-0.39, 0.29) is 6.09 Å². The van der Waals surface area contributed by atoms with Gasteiger partial charge < -0.3 is 25.8 Å². The molecule has 0 aliphatic rings. The first-order valence-electron chi connectivity index (χ1n) is 9.91. The van der Waals surface area contributed by atoms with Crippen LogP contribution in [0.4, 0.5) is 9.59 Å². The molecule has 0 aromatic rings. The Morgan fingerprint density at radius 3 is 1.85 bits per heavy atom. The fraction of sp³-hybridized carbons (Fsp3) is 0.895. The van der Waals surface area contributed by atoms with Gasteiger partial charge in [-0.2, -0.15) is 0 Å². The fourth-order valence-corrected chi connectivity index (χ4v) is 2.44. The van der Waals surface area contributed by atoms with Gasteiger partial charge in [0.05, 0.1) is 6.61 Å². The number of hydrogen-bond acceptors (Lipinski definition) is 5. The Labute approximate surface area is 158 Å². The minimum atomic E-state index is -0.704. The van der Waals surface area contributed by atoms with Crippen LogP contribution in [-0.4, -0.2) is 44.0 Å². The minimum absolute atomic E-state index is 0.327. The van der Waals surface area contributed by atoms with Crippen LogP contribution in [-0.2, 0) is 9.47 Å². The summed E-state index contributed by atoms with van der Waals surface area (Å²) >= 11 is 0. The van der Waals surface area contributed by atoms with Gasteiger partial charge in [0.2, 0.25) is 0 Å². The highest BCUT2D eigenvalue weighted by Gasteiger charge is 2.15. The lowest BCUT2D eigenvalue weighted by molar-refractivity contribution is 0.0527. The van der Waals surface area contributed by atoms with Crippen LogP contribution in [0.2, 0.25) is 0 Å². The van der Waals surface area contributed by atoms with Gasteiger partial charge in [-0.1, -0.05) is 38.5 Å². The van der Waals surface area contributed by atoms with Gasteiger partial charge in [0.15, 0.2) is 0 Å². The molecule has 0 saturated heterocycles. The van der Waals surface area contributed by atoms with E-state index in [9.17, 15) is 9.59 Å². The summed E-state index contributed by atoms with van der Waals surface area (Å²) in [5.41, 5.74) is 4.44. The molecule has 7 nitrogen and oxygen atoms in total. The number of amides is 2. The van der Waals surface area contributed by atoms with E-state index in [4.69, 9.17) is 10.5 Å². The number of carbonyl (C=O) groups excluding carboxylic acids is 2. The van der Waals surface area contributed by atoms with Crippen LogP contribution in [0.25, 0.3) is 0 Å². The molecule has 0 atom stereocenters. The monoisotopic (exact) mass is 373 g/mol. The third kappa shape index (κ3) is 20.5. The normalized spacial score (nSPS) is 11.2. The molecule has 0 unspecified atom stereocenters. The first kappa shape index (κ1) is 24.5. The van der Waals surface area contributed by atoms with Crippen molar-refractivity contribution in [3.8, 4) is 0 Å². The number of unbranched alkanes of at least 4 members (excludes halogenated alkanes) is 7. The quantitative estimate of drug-likeness (QED) is 0.380. The molecule has 26 heavy (non-hydrogen) atoms. The van der Waals surface area contributed by atoms with Crippen LogP contribution < -0.4 is 16.4 Å². The molecule has 0 radical (unpaired) electrons. The van der Waals surface area contributed by atoms with E-state index in [0.29, 0.717) is 13.2 Å². The number of alkyl carbamates (subject to hydrolysis) is 1. The molecular weight excluding hydrogens is 334 g/mol. The number of carbonyl (C=O) groups is 2. The van der Waals surface area contributed by atoms with Crippen molar-refractivity contribution in [3.05, 3.63) is 0 Å². The highest BCUT2D eigenvalue weighted by Crippen LogP contribution is 2.09. The summed E-state index contributed by atoms with van der Waals surface area (Å²) in [5.74, 6) is 0. The number of ether oxygens (including phenoxy) is 2. The molecule has 0 aliphatic heterocycles. The van der Waals surface area contributed by atoms with Crippen LogP contribution in [0.15, 0.2) is 0 Å². The summed E-state index contributed by atoms with van der Waals surface area (Å²) in [6, 6.07) is 0. The lowest BCUT2D eigenvalue weighted by atomic mass is 10.1. The third-order valence-electron chi connectivity index (χ3n) is 3.69. The topological polar surface area (TPSA) is 103 Å². The van der Waals surface area contributed by atoms with Crippen LogP contribution in [0.5, 0.6) is 0 Å². The second-order valence-corrected chi connectivity index (χ2v) is 7.53. The molecule has 0 rings (SSSR count). The number of hydrogen-bond donors (Lipinski definition) is 3. The van der Waals surface area contributed by atoms with E-state index < -0.39 is 11.7 Å². The highest BCUT2D eigenvalue weighted by molar-refractivity contribution is 5.67. The molecule has 4 N–H and O–H groups in total. The second-order valence-electron chi connectivity index (χ2n) is 7.53. The lowest BCUT2D eigenvalue weighted by Crippen LogP contribution is -2.32. The van der Waals surface area contributed by atoms with Crippen LogP contribution in [0, 0.1) is 0 Å². The molecule has 0 aromatic heterocycles. The number of nitrogens with one attached hydrogen (secondary N) is 2. The Kier molecular flexibility index (Phi) is 14.8. The molecule has 154 valence electrons. The first-order valence-corrected chi connectivity index (χ1v) is 9.91. The van der Waals surface area contributed by atoms with Gasteiger partial charge in [0.1, 0.15) is 5.60 Å². The van der Waals surface area contributed by atoms with E-state index in [1.165, 1.54) is 38.5 Å². The Balaban J connectivity index is 3.16. The summed E-state index contributed by atoms with van der Waals surface area (Å²) in [7, 11) is 0. The highest BCUT2D eigenvalue weighted by atomic mass is 16.6. The fourth-order valence-electron chi connectivity index (χ4n) is 2.44. The summed E-state index contributed by atoms with van der Waals surface area (Å²) in [6.45, 7) is 8.52. The zero-order chi connectivity index (χ0) is 19.7. The molecule has 7 heteroatoms. The predicted molar refractivity (Wildman–Crippen MR) is 104 cm³/mol. The van der Waals surface area contributed by atoms with Crippen LogP contribution >= 0.6 is 0 Å². The van der Waals surface area contributed by atoms with Crippen molar-refractivity contribution in [3.63, 3.8) is 0 Å². The lowest BCUT2D eigenvalue weighted by Gasteiger charge is -2.19. The average Bonchev–Trinajstić information content (AvgIpc) is 2.52. The van der Waals surface area contributed by atoms with E-state index in [0.717, 1.165) is 32.4 Å². The predicted octanol–water partition coefficient (Wildman–Crippen LogP) is 3.71. The SMILES string of the molecule is CC(C)(C)OC(=O)NCCCCCCCCCCNCCCOC(N)=O. The number of rotatable bonds is 15. The molecule has 2 amide bonds. The maximum atomic E-state index is 11.5. The van der Waals surface area contributed by atoms with Crippen molar-refractivity contribution in [1.29, 1.82) is 0 Å². The van der Waals surface area contributed by atoms with E-state index >= 15 is 0 Å². The third-order valence-corrected chi connectivity index (χ3v) is 3.69. The van der Waals surface area contributed by atoms with Gasteiger partial charge in [-0.05, 0) is 53.1 Å². The van der Waals surface area contributed by atoms with Gasteiger partial charge in [-0.25, -0.2) is 9.59 Å². The van der Waals surface area contributed by atoms with Gasteiger partial charge in [0, 0.05) is 6.54 Å². The molecule has 0 aromatic carbocycles. The van der Waals surface area contributed by atoms with Crippen molar-refractivity contribution in [1.82, 2.24) is 10.6 Å². The Bertz CT molecular complexity index is 370. The maximum Gasteiger partial charge on any atom is 0.407 e. The Morgan fingerprint density at radius 1 is 0.808 bits per heavy atom. The second kappa shape index (κ2) is 15.7. The molecule has 0 bridgehead atoms. The molecule has 0 heterocycles. The van der Waals surface area contributed by atoms with E-state index in [1.807, 2.05) is 20.8 Å². The molecular formula is C19H39N3O4. The van der Waals surface area contributed by atoms with Gasteiger partial charge in [-0.15, -0.1) is 0 Å². The van der Waals surface area contributed by atoms with Gasteiger partial charge in [0.25, 0.3) is 0 Å². The van der Waals surface area contributed by atoms with Crippen molar-refractivity contribution >= 4 is 12.2 Å². The average molecular weight is 374 g/mol.